The van der Waals surface area contributed by atoms with Crippen LogP contribution in [-0.4, -0.2) is 16.7 Å². The van der Waals surface area contributed by atoms with Crippen LogP contribution in [-0.2, 0) is 6.54 Å². The van der Waals surface area contributed by atoms with Crippen molar-refractivity contribution in [2.75, 3.05) is 6.54 Å². The smallest absolute Gasteiger partial charge is 0.157 e. The van der Waals surface area contributed by atoms with Crippen LogP contribution < -0.4 is 5.32 Å². The minimum Gasteiger partial charge on any atom is -0.310 e. The molecule has 19 heavy (non-hydrogen) atoms. The van der Waals surface area contributed by atoms with Gasteiger partial charge in [0, 0.05) is 11.2 Å². The molecule has 0 fully saturated rings. The lowest BCUT2D eigenvalue weighted by molar-refractivity contribution is 0.668. The molecule has 2 heterocycles. The Bertz CT molecular complexity index is 639. The van der Waals surface area contributed by atoms with Crippen LogP contribution in [0.5, 0.6) is 0 Å². The standard InChI is InChI=1S/C14H15N3S2/c1-2-7-15-9-13-16-17-14(19-13)12-8-10-5-3-4-6-11(10)18-12/h3-6,8,15H,2,7,9H2,1H3. The first kappa shape index (κ1) is 12.7. The monoisotopic (exact) mass is 289 g/mol. The zero-order chi connectivity index (χ0) is 13.1. The van der Waals surface area contributed by atoms with Crippen LogP contribution in [0.1, 0.15) is 18.4 Å². The average Bonchev–Trinajstić information content (AvgIpc) is 3.04. The number of aromatic nitrogens is 2. The van der Waals surface area contributed by atoms with Crippen molar-refractivity contribution in [1.82, 2.24) is 15.5 Å². The highest BCUT2D eigenvalue weighted by molar-refractivity contribution is 7.25. The molecule has 0 spiro atoms. The van der Waals surface area contributed by atoms with Crippen molar-refractivity contribution in [2.45, 2.75) is 19.9 Å². The maximum Gasteiger partial charge on any atom is 0.157 e. The molecule has 3 rings (SSSR count). The van der Waals surface area contributed by atoms with Crippen LogP contribution in [0.15, 0.2) is 30.3 Å². The number of thiophene rings is 1. The Hall–Kier alpha value is -1.30. The van der Waals surface area contributed by atoms with Crippen molar-refractivity contribution in [1.29, 1.82) is 0 Å². The molecule has 0 bridgehead atoms. The summed E-state index contributed by atoms with van der Waals surface area (Å²) in [6.07, 6.45) is 1.14. The maximum atomic E-state index is 4.30. The van der Waals surface area contributed by atoms with Crippen LogP contribution in [0.2, 0.25) is 0 Å². The Morgan fingerprint density at radius 1 is 1.16 bits per heavy atom. The number of hydrogen-bond acceptors (Lipinski definition) is 5. The minimum absolute atomic E-state index is 0.816. The predicted octanol–water partition coefficient (Wildman–Crippen LogP) is 3.92. The molecular formula is C14H15N3S2. The van der Waals surface area contributed by atoms with Gasteiger partial charge in [-0.25, -0.2) is 0 Å². The molecule has 0 amide bonds. The summed E-state index contributed by atoms with van der Waals surface area (Å²) >= 11 is 3.46. The molecule has 0 saturated heterocycles. The number of hydrogen-bond donors (Lipinski definition) is 1. The highest BCUT2D eigenvalue weighted by atomic mass is 32.1. The molecule has 1 aromatic carbocycles. The van der Waals surface area contributed by atoms with Crippen molar-refractivity contribution >= 4 is 32.8 Å². The fourth-order valence-corrected chi connectivity index (χ4v) is 3.80. The number of nitrogens with zero attached hydrogens (tertiary/aromatic N) is 2. The molecule has 0 aliphatic rings. The molecule has 98 valence electrons. The zero-order valence-electron chi connectivity index (χ0n) is 10.7. The normalized spacial score (nSPS) is 11.2. The van der Waals surface area contributed by atoms with E-state index in [-0.39, 0.29) is 0 Å². The molecule has 0 aliphatic carbocycles. The van der Waals surface area contributed by atoms with Crippen LogP contribution >= 0.6 is 22.7 Å². The number of benzene rings is 1. The molecule has 2 aromatic heterocycles. The van der Waals surface area contributed by atoms with Gasteiger partial charge in [-0.3, -0.25) is 0 Å². The van der Waals surface area contributed by atoms with Gasteiger partial charge in [0.05, 0.1) is 4.88 Å². The second kappa shape index (κ2) is 5.77. The SMILES string of the molecule is CCCNCc1nnc(-c2cc3ccccc3s2)s1. The third-order valence-corrected chi connectivity index (χ3v) is 5.01. The van der Waals surface area contributed by atoms with E-state index in [1.165, 1.54) is 15.0 Å². The third kappa shape index (κ3) is 2.83. The molecule has 5 heteroatoms. The Labute approximate surface area is 120 Å². The lowest BCUT2D eigenvalue weighted by Gasteiger charge is -1.96. The predicted molar refractivity (Wildman–Crippen MR) is 82.7 cm³/mol. The topological polar surface area (TPSA) is 37.8 Å². The van der Waals surface area contributed by atoms with Gasteiger partial charge in [-0.2, -0.15) is 0 Å². The number of nitrogens with one attached hydrogen (secondary N) is 1. The van der Waals surface area contributed by atoms with Crippen LogP contribution in [0.4, 0.5) is 0 Å². The van der Waals surface area contributed by atoms with Gasteiger partial charge in [-0.15, -0.1) is 21.5 Å². The van der Waals surface area contributed by atoms with Crippen molar-refractivity contribution in [3.63, 3.8) is 0 Å². The molecule has 3 aromatic rings. The van der Waals surface area contributed by atoms with E-state index in [0.29, 0.717) is 0 Å². The molecule has 0 aliphatic heterocycles. The minimum atomic E-state index is 0.816. The molecule has 3 nitrogen and oxygen atoms in total. The Morgan fingerprint density at radius 3 is 2.89 bits per heavy atom. The summed E-state index contributed by atoms with van der Waals surface area (Å²) in [7, 11) is 0. The van der Waals surface area contributed by atoms with Gasteiger partial charge >= 0.3 is 0 Å². The Kier molecular flexibility index (Phi) is 3.87. The van der Waals surface area contributed by atoms with E-state index in [1.807, 2.05) is 0 Å². The van der Waals surface area contributed by atoms with Gasteiger partial charge in [0.2, 0.25) is 0 Å². The lowest BCUT2D eigenvalue weighted by Crippen LogP contribution is -2.13. The number of rotatable bonds is 5. The van der Waals surface area contributed by atoms with E-state index < -0.39 is 0 Å². The molecule has 0 radical (unpaired) electrons. The van der Waals surface area contributed by atoms with E-state index in [1.54, 1.807) is 22.7 Å². The van der Waals surface area contributed by atoms with Crippen molar-refractivity contribution < 1.29 is 0 Å². The second-order valence-electron chi connectivity index (χ2n) is 4.33. The zero-order valence-corrected chi connectivity index (χ0v) is 12.4. The summed E-state index contributed by atoms with van der Waals surface area (Å²) < 4.78 is 1.30. The van der Waals surface area contributed by atoms with Gasteiger partial charge in [0.1, 0.15) is 5.01 Å². The van der Waals surface area contributed by atoms with Crippen LogP contribution in [0.25, 0.3) is 20.0 Å². The first-order valence-electron chi connectivity index (χ1n) is 6.39. The summed E-state index contributed by atoms with van der Waals surface area (Å²) in [4.78, 5) is 1.21. The average molecular weight is 289 g/mol. The largest absolute Gasteiger partial charge is 0.310 e. The van der Waals surface area contributed by atoms with Gasteiger partial charge in [0.25, 0.3) is 0 Å². The highest BCUT2D eigenvalue weighted by Crippen LogP contribution is 2.34. The second-order valence-corrected chi connectivity index (χ2v) is 6.47. The highest BCUT2D eigenvalue weighted by Gasteiger charge is 2.09. The summed E-state index contributed by atoms with van der Waals surface area (Å²) in [5, 5.41) is 15.3. The van der Waals surface area contributed by atoms with Gasteiger partial charge in [-0.05, 0) is 30.5 Å². The molecule has 0 saturated carbocycles. The van der Waals surface area contributed by atoms with Gasteiger partial charge < -0.3 is 5.32 Å². The van der Waals surface area contributed by atoms with E-state index >= 15 is 0 Å². The van der Waals surface area contributed by atoms with E-state index in [0.717, 1.165) is 29.5 Å². The van der Waals surface area contributed by atoms with Gasteiger partial charge in [0.15, 0.2) is 5.01 Å². The van der Waals surface area contributed by atoms with Crippen LogP contribution in [0, 0.1) is 0 Å². The summed E-state index contributed by atoms with van der Waals surface area (Å²) in [5.74, 6) is 0. The van der Waals surface area contributed by atoms with Crippen molar-refractivity contribution in [3.05, 3.63) is 35.3 Å². The van der Waals surface area contributed by atoms with E-state index in [4.69, 9.17) is 0 Å². The molecule has 0 atom stereocenters. The lowest BCUT2D eigenvalue weighted by atomic mass is 10.2. The fourth-order valence-electron chi connectivity index (χ4n) is 1.88. The molecular weight excluding hydrogens is 274 g/mol. The molecule has 0 unspecified atom stereocenters. The first-order chi connectivity index (χ1) is 9.36. The first-order valence-corrected chi connectivity index (χ1v) is 8.02. The third-order valence-electron chi connectivity index (χ3n) is 2.81. The Balaban J connectivity index is 1.81. The van der Waals surface area contributed by atoms with Crippen molar-refractivity contribution in [2.24, 2.45) is 0 Å². The van der Waals surface area contributed by atoms with E-state index in [2.05, 4.69) is 52.8 Å². The van der Waals surface area contributed by atoms with Crippen LogP contribution in [0.3, 0.4) is 0 Å². The fraction of sp³-hybridized carbons (Fsp3) is 0.286. The maximum absolute atomic E-state index is 4.30. The number of fused-ring (bicyclic) bond motifs is 1. The molecule has 1 N–H and O–H groups in total. The summed E-state index contributed by atoms with van der Waals surface area (Å²) in [6.45, 7) is 4.00. The summed E-state index contributed by atoms with van der Waals surface area (Å²) in [6, 6.07) is 10.6. The Morgan fingerprint density at radius 2 is 2.05 bits per heavy atom. The van der Waals surface area contributed by atoms with Crippen molar-refractivity contribution in [3.8, 4) is 9.88 Å². The van der Waals surface area contributed by atoms with Gasteiger partial charge in [-0.1, -0.05) is 36.5 Å². The summed E-state index contributed by atoms with van der Waals surface area (Å²) in [5.41, 5.74) is 0. The van der Waals surface area contributed by atoms with E-state index in [9.17, 15) is 0 Å². The quantitative estimate of drug-likeness (QED) is 0.723.